The maximum absolute atomic E-state index is 5.96. The third-order valence-corrected chi connectivity index (χ3v) is 4.20. The zero-order valence-electron chi connectivity index (χ0n) is 13.4. The summed E-state index contributed by atoms with van der Waals surface area (Å²) in [6, 6.07) is 16.5. The van der Waals surface area contributed by atoms with E-state index in [0.717, 1.165) is 30.1 Å². The Hall–Kier alpha value is -2.59. The Morgan fingerprint density at radius 1 is 1.00 bits per heavy atom. The number of anilines is 1. The van der Waals surface area contributed by atoms with E-state index in [-0.39, 0.29) is 0 Å². The summed E-state index contributed by atoms with van der Waals surface area (Å²) in [4.78, 5) is 9.00. The second-order valence-corrected chi connectivity index (χ2v) is 6.09. The maximum atomic E-state index is 5.96. The van der Waals surface area contributed by atoms with Crippen LogP contribution in [0.1, 0.15) is 5.56 Å². The predicted octanol–water partition coefficient (Wildman–Crippen LogP) is 3.85. The average Bonchev–Trinajstić information content (AvgIpc) is 3.05. The van der Waals surface area contributed by atoms with Gasteiger partial charge in [-0.2, -0.15) is 0 Å². The fourth-order valence-corrected chi connectivity index (χ4v) is 3.14. The van der Waals surface area contributed by atoms with Crippen molar-refractivity contribution >= 4 is 5.69 Å². The molecule has 0 saturated carbocycles. The van der Waals surface area contributed by atoms with E-state index in [9.17, 15) is 0 Å². The Morgan fingerprint density at radius 2 is 1.83 bits per heavy atom. The van der Waals surface area contributed by atoms with Crippen LogP contribution in [0.25, 0.3) is 22.8 Å². The molecule has 0 unspecified atom stereocenters. The molecule has 4 nitrogen and oxygen atoms in total. The number of hydrogen-bond acceptors (Lipinski definition) is 4. The monoisotopic (exact) mass is 305 g/mol. The number of benzene rings is 2. The molecule has 2 heterocycles. The smallest absolute Gasteiger partial charge is 0.226 e. The van der Waals surface area contributed by atoms with Crippen molar-refractivity contribution in [3.05, 3.63) is 60.3 Å². The molecule has 116 valence electrons. The molecule has 0 spiro atoms. The van der Waals surface area contributed by atoms with Gasteiger partial charge in [0, 0.05) is 30.4 Å². The van der Waals surface area contributed by atoms with Gasteiger partial charge in [0.05, 0.1) is 12.9 Å². The molecule has 0 amide bonds. The van der Waals surface area contributed by atoms with E-state index >= 15 is 0 Å². The van der Waals surface area contributed by atoms with Crippen molar-refractivity contribution in [3.8, 4) is 22.8 Å². The number of aromatic nitrogens is 1. The largest absolute Gasteiger partial charge is 0.436 e. The summed E-state index contributed by atoms with van der Waals surface area (Å²) >= 11 is 0. The Labute approximate surface area is 136 Å². The minimum atomic E-state index is 0.669. The summed E-state index contributed by atoms with van der Waals surface area (Å²) in [6.07, 6.45) is 1.79. The number of rotatable bonds is 2. The summed E-state index contributed by atoms with van der Waals surface area (Å²) < 4.78 is 5.96. The van der Waals surface area contributed by atoms with Gasteiger partial charge in [-0.25, -0.2) is 4.98 Å². The normalized spacial score (nSPS) is 14.8. The molecule has 0 radical (unpaired) electrons. The summed E-state index contributed by atoms with van der Waals surface area (Å²) in [6.45, 7) is 1.89. The first-order valence-electron chi connectivity index (χ1n) is 7.75. The predicted molar refractivity (Wildman–Crippen MR) is 92.1 cm³/mol. The highest BCUT2D eigenvalue weighted by Gasteiger charge is 2.18. The molecule has 0 aliphatic carbocycles. The van der Waals surface area contributed by atoms with Crippen molar-refractivity contribution in [2.75, 3.05) is 25.7 Å². The quantitative estimate of drug-likeness (QED) is 0.720. The lowest BCUT2D eigenvalue weighted by atomic mass is 10.1. The second kappa shape index (κ2) is 5.56. The van der Waals surface area contributed by atoms with Crippen LogP contribution < -0.4 is 4.90 Å². The molecule has 0 bridgehead atoms. The van der Waals surface area contributed by atoms with Crippen molar-refractivity contribution in [2.24, 2.45) is 0 Å². The van der Waals surface area contributed by atoms with E-state index in [4.69, 9.17) is 4.42 Å². The van der Waals surface area contributed by atoms with Crippen molar-refractivity contribution in [2.45, 2.75) is 6.54 Å². The summed E-state index contributed by atoms with van der Waals surface area (Å²) in [5.41, 5.74) is 4.65. The highest BCUT2D eigenvalue weighted by atomic mass is 16.4. The van der Waals surface area contributed by atoms with E-state index in [1.54, 1.807) is 6.20 Å². The Morgan fingerprint density at radius 3 is 2.65 bits per heavy atom. The Balaban J connectivity index is 1.69. The van der Waals surface area contributed by atoms with Gasteiger partial charge >= 0.3 is 0 Å². The number of oxazole rings is 1. The molecule has 1 aliphatic heterocycles. The summed E-state index contributed by atoms with van der Waals surface area (Å²) in [5, 5.41) is 0. The summed E-state index contributed by atoms with van der Waals surface area (Å²) in [5.74, 6) is 1.47. The molecule has 0 saturated heterocycles. The van der Waals surface area contributed by atoms with Gasteiger partial charge in [0.25, 0.3) is 0 Å². The molecule has 1 aliphatic rings. The van der Waals surface area contributed by atoms with Crippen LogP contribution >= 0.6 is 0 Å². The van der Waals surface area contributed by atoms with Crippen LogP contribution in [0.3, 0.4) is 0 Å². The third-order valence-electron chi connectivity index (χ3n) is 4.20. The molecule has 4 rings (SSSR count). The molecule has 1 aromatic heterocycles. The van der Waals surface area contributed by atoms with E-state index in [2.05, 4.69) is 47.1 Å². The van der Waals surface area contributed by atoms with Crippen LogP contribution in [-0.4, -0.2) is 30.6 Å². The fourth-order valence-electron chi connectivity index (χ4n) is 3.14. The molecule has 0 atom stereocenters. The van der Waals surface area contributed by atoms with E-state index in [1.807, 2.05) is 30.3 Å². The first-order valence-corrected chi connectivity index (χ1v) is 7.75. The second-order valence-electron chi connectivity index (χ2n) is 6.09. The van der Waals surface area contributed by atoms with Gasteiger partial charge < -0.3 is 9.32 Å². The average molecular weight is 305 g/mol. The van der Waals surface area contributed by atoms with E-state index < -0.39 is 0 Å². The van der Waals surface area contributed by atoms with Crippen molar-refractivity contribution in [3.63, 3.8) is 0 Å². The molecule has 3 aromatic rings. The SMILES string of the molecule is CN1Cc2cc(-c3ncc(-c4ccccc4)o3)ccc2N(C)C1. The van der Waals surface area contributed by atoms with Gasteiger partial charge in [0.2, 0.25) is 5.89 Å². The molecule has 0 fully saturated rings. The van der Waals surface area contributed by atoms with Crippen LogP contribution in [0.4, 0.5) is 5.69 Å². The molecule has 4 heteroatoms. The van der Waals surface area contributed by atoms with Crippen molar-refractivity contribution < 1.29 is 4.42 Å². The number of hydrogen-bond donors (Lipinski definition) is 0. The minimum Gasteiger partial charge on any atom is -0.436 e. The van der Waals surface area contributed by atoms with Gasteiger partial charge in [-0.15, -0.1) is 0 Å². The van der Waals surface area contributed by atoms with Gasteiger partial charge in [-0.05, 0) is 30.8 Å². The lowest BCUT2D eigenvalue weighted by Gasteiger charge is -2.34. The van der Waals surface area contributed by atoms with Crippen LogP contribution in [0, 0.1) is 0 Å². The number of fused-ring (bicyclic) bond motifs is 1. The Bertz CT molecular complexity index is 826. The lowest BCUT2D eigenvalue weighted by molar-refractivity contribution is 0.316. The molecular formula is C19H19N3O. The van der Waals surface area contributed by atoms with Crippen LogP contribution in [0.2, 0.25) is 0 Å². The van der Waals surface area contributed by atoms with Gasteiger partial charge in [0.1, 0.15) is 0 Å². The summed E-state index contributed by atoms with van der Waals surface area (Å²) in [7, 11) is 4.25. The van der Waals surface area contributed by atoms with Gasteiger partial charge in [-0.3, -0.25) is 4.90 Å². The van der Waals surface area contributed by atoms with Crippen molar-refractivity contribution in [1.29, 1.82) is 0 Å². The highest BCUT2D eigenvalue weighted by molar-refractivity contribution is 5.66. The van der Waals surface area contributed by atoms with Crippen LogP contribution in [0.15, 0.2) is 59.1 Å². The first kappa shape index (κ1) is 14.0. The fraction of sp³-hybridized carbons (Fsp3) is 0.211. The van der Waals surface area contributed by atoms with Gasteiger partial charge in [-0.1, -0.05) is 30.3 Å². The lowest BCUT2D eigenvalue weighted by Crippen LogP contribution is -2.37. The highest BCUT2D eigenvalue weighted by Crippen LogP contribution is 2.31. The van der Waals surface area contributed by atoms with Crippen LogP contribution in [-0.2, 0) is 6.54 Å². The maximum Gasteiger partial charge on any atom is 0.226 e. The molecule has 2 aromatic carbocycles. The van der Waals surface area contributed by atoms with Gasteiger partial charge in [0.15, 0.2) is 5.76 Å². The van der Waals surface area contributed by atoms with E-state index in [0.29, 0.717) is 5.89 Å². The zero-order valence-corrected chi connectivity index (χ0v) is 13.4. The first-order chi connectivity index (χ1) is 11.2. The van der Waals surface area contributed by atoms with E-state index in [1.165, 1.54) is 11.3 Å². The van der Waals surface area contributed by atoms with Crippen LogP contribution in [0.5, 0.6) is 0 Å². The number of nitrogens with zero attached hydrogens (tertiary/aromatic N) is 3. The molecule has 0 N–H and O–H groups in total. The Kier molecular flexibility index (Phi) is 3.39. The molecular weight excluding hydrogens is 286 g/mol. The zero-order chi connectivity index (χ0) is 15.8. The topological polar surface area (TPSA) is 32.5 Å². The van der Waals surface area contributed by atoms with Crippen molar-refractivity contribution in [1.82, 2.24) is 9.88 Å². The third kappa shape index (κ3) is 2.62. The minimum absolute atomic E-state index is 0.669. The molecule has 23 heavy (non-hydrogen) atoms. The standard InChI is InChI=1S/C19H19N3O/c1-21-12-16-10-15(8-9-17(16)22(2)13-21)19-20-11-18(23-19)14-6-4-3-5-7-14/h3-11H,12-13H2,1-2H3.